The zero-order valence-corrected chi connectivity index (χ0v) is 17.8. The van der Waals surface area contributed by atoms with E-state index in [2.05, 4.69) is 9.97 Å². The molecular weight excluding hydrogens is 428 g/mol. The van der Waals surface area contributed by atoms with Crippen molar-refractivity contribution in [2.75, 3.05) is 0 Å². The summed E-state index contributed by atoms with van der Waals surface area (Å²) < 4.78 is 0. The molecule has 164 valence electrons. The Labute approximate surface area is 194 Å². The average molecular weight is 446 g/mol. The summed E-state index contributed by atoms with van der Waals surface area (Å²) in [7, 11) is 0. The van der Waals surface area contributed by atoms with Crippen molar-refractivity contribution in [3.05, 3.63) is 120 Å². The van der Waals surface area contributed by atoms with Crippen LogP contribution < -0.4 is 0 Å². The number of fused-ring (bicyclic) bond motifs is 1. The molecule has 2 N–H and O–H groups in total. The second-order valence-electron chi connectivity index (χ2n) is 7.77. The quantitative estimate of drug-likeness (QED) is 0.361. The van der Waals surface area contributed by atoms with E-state index >= 15 is 0 Å². The molecule has 1 heterocycles. The molecule has 6 heteroatoms. The minimum atomic E-state index is -0.489. The van der Waals surface area contributed by atoms with E-state index in [1.165, 1.54) is 54.7 Å². The number of carbonyl (C=O) groups is 2. The van der Waals surface area contributed by atoms with Gasteiger partial charge in [-0.2, -0.15) is 0 Å². The number of hydrogen-bond acceptors (Lipinski definition) is 6. The first-order valence-electron chi connectivity index (χ1n) is 10.5. The first kappa shape index (κ1) is 21.0. The lowest BCUT2D eigenvalue weighted by Gasteiger charge is -2.10. The van der Waals surface area contributed by atoms with Gasteiger partial charge < -0.3 is 10.2 Å². The van der Waals surface area contributed by atoms with Crippen molar-refractivity contribution in [3.63, 3.8) is 0 Å². The summed E-state index contributed by atoms with van der Waals surface area (Å²) in [6.45, 7) is 0. The maximum Gasteiger partial charge on any atom is 0.213 e. The molecule has 5 aromatic rings. The minimum Gasteiger partial charge on any atom is -0.508 e. The summed E-state index contributed by atoms with van der Waals surface area (Å²) in [6, 6.07) is 25.1. The summed E-state index contributed by atoms with van der Waals surface area (Å²) in [4.78, 5) is 35.5. The lowest BCUT2D eigenvalue weighted by molar-refractivity contribution is 0.0996. The van der Waals surface area contributed by atoms with Crippen LogP contribution in [0.4, 0.5) is 0 Å². The van der Waals surface area contributed by atoms with Gasteiger partial charge in [-0.3, -0.25) is 9.59 Å². The number of aromatic hydroxyl groups is 2. The Morgan fingerprint density at radius 2 is 1.18 bits per heavy atom. The molecule has 0 radical (unpaired) electrons. The highest BCUT2D eigenvalue weighted by molar-refractivity contribution is 6.18. The van der Waals surface area contributed by atoms with Gasteiger partial charge in [-0.15, -0.1) is 0 Å². The van der Waals surface area contributed by atoms with Crippen LogP contribution in [0.5, 0.6) is 11.5 Å². The van der Waals surface area contributed by atoms with E-state index in [1.54, 1.807) is 0 Å². The molecule has 0 spiro atoms. The van der Waals surface area contributed by atoms with Gasteiger partial charge in [0.1, 0.15) is 22.9 Å². The van der Waals surface area contributed by atoms with Gasteiger partial charge in [0.25, 0.3) is 0 Å². The number of ketones is 2. The first-order valence-corrected chi connectivity index (χ1v) is 10.5. The van der Waals surface area contributed by atoms with Crippen molar-refractivity contribution in [2.24, 2.45) is 0 Å². The standard InChI is InChI=1S/C28H18N2O4/c31-22-11-7-18(8-12-22)27(33)25-26(28(34)19-9-13-23(32)14-10-19)30-24(16-29-25)21-6-5-17-3-1-2-4-20(17)15-21/h1-16,31-32H. The third kappa shape index (κ3) is 4.00. The van der Waals surface area contributed by atoms with Gasteiger partial charge in [0.15, 0.2) is 0 Å². The van der Waals surface area contributed by atoms with Gasteiger partial charge in [0.05, 0.1) is 11.9 Å². The van der Waals surface area contributed by atoms with Gasteiger partial charge in [-0.1, -0.05) is 36.4 Å². The van der Waals surface area contributed by atoms with Crippen LogP contribution in [-0.2, 0) is 0 Å². The molecule has 6 nitrogen and oxygen atoms in total. The predicted octanol–water partition coefficient (Wildman–Crippen LogP) is 5.17. The molecule has 4 aromatic carbocycles. The van der Waals surface area contributed by atoms with Gasteiger partial charge in [-0.05, 0) is 65.4 Å². The third-order valence-corrected chi connectivity index (χ3v) is 5.51. The molecular formula is C28H18N2O4. The van der Waals surface area contributed by atoms with Crippen molar-refractivity contribution in [2.45, 2.75) is 0 Å². The molecule has 0 aliphatic carbocycles. The second-order valence-corrected chi connectivity index (χ2v) is 7.77. The first-order chi connectivity index (χ1) is 16.5. The number of rotatable bonds is 5. The topological polar surface area (TPSA) is 100 Å². The van der Waals surface area contributed by atoms with Crippen molar-refractivity contribution >= 4 is 22.3 Å². The Morgan fingerprint density at radius 1 is 0.618 bits per heavy atom. The lowest BCUT2D eigenvalue weighted by atomic mass is 10.00. The number of hydrogen-bond donors (Lipinski definition) is 2. The molecule has 0 fully saturated rings. The van der Waals surface area contributed by atoms with E-state index < -0.39 is 11.6 Å². The minimum absolute atomic E-state index is 0.0212. The van der Waals surface area contributed by atoms with Gasteiger partial charge in [0.2, 0.25) is 11.6 Å². The largest absolute Gasteiger partial charge is 0.508 e. The molecule has 0 saturated carbocycles. The zero-order chi connectivity index (χ0) is 23.7. The Balaban J connectivity index is 1.64. The SMILES string of the molecule is O=C(c1ccc(O)cc1)c1ncc(-c2ccc3ccccc3c2)nc1C(=O)c1ccc(O)cc1. The highest BCUT2D eigenvalue weighted by Gasteiger charge is 2.24. The molecule has 34 heavy (non-hydrogen) atoms. The summed E-state index contributed by atoms with van der Waals surface area (Å²) in [5.74, 6) is -0.931. The van der Waals surface area contributed by atoms with Gasteiger partial charge >= 0.3 is 0 Å². The fourth-order valence-corrected chi connectivity index (χ4v) is 3.70. The third-order valence-electron chi connectivity index (χ3n) is 5.51. The normalized spacial score (nSPS) is 10.8. The number of carbonyl (C=O) groups excluding carboxylic acids is 2. The van der Waals surface area contributed by atoms with E-state index in [0.29, 0.717) is 5.69 Å². The number of phenols is 2. The summed E-state index contributed by atoms with van der Waals surface area (Å²) in [5.41, 5.74) is 1.57. The van der Waals surface area contributed by atoms with Crippen molar-refractivity contribution in [3.8, 4) is 22.8 Å². The van der Waals surface area contributed by atoms with Crippen LogP contribution in [0.15, 0.2) is 97.2 Å². The molecule has 0 amide bonds. The Bertz CT molecular complexity index is 1540. The average Bonchev–Trinajstić information content (AvgIpc) is 2.88. The van der Waals surface area contributed by atoms with Gasteiger partial charge in [0, 0.05) is 16.7 Å². The van der Waals surface area contributed by atoms with Gasteiger partial charge in [-0.25, -0.2) is 9.97 Å². The van der Waals surface area contributed by atoms with Crippen LogP contribution in [-0.4, -0.2) is 31.7 Å². The smallest absolute Gasteiger partial charge is 0.213 e. The number of benzene rings is 4. The predicted molar refractivity (Wildman–Crippen MR) is 128 cm³/mol. The fourth-order valence-electron chi connectivity index (χ4n) is 3.70. The van der Waals surface area contributed by atoms with Crippen molar-refractivity contribution in [1.82, 2.24) is 9.97 Å². The zero-order valence-electron chi connectivity index (χ0n) is 17.8. The molecule has 0 aliphatic rings. The van der Waals surface area contributed by atoms with Crippen molar-refractivity contribution in [1.29, 1.82) is 0 Å². The number of phenolic OH excluding ortho intramolecular Hbond substituents is 2. The van der Waals surface area contributed by atoms with E-state index in [-0.39, 0.29) is 34.0 Å². The molecule has 0 atom stereocenters. The Hall–Kier alpha value is -4.84. The van der Waals surface area contributed by atoms with Crippen molar-refractivity contribution < 1.29 is 19.8 Å². The second kappa shape index (κ2) is 8.60. The van der Waals surface area contributed by atoms with E-state index in [9.17, 15) is 19.8 Å². The Kier molecular flexibility index (Phi) is 5.32. The van der Waals surface area contributed by atoms with Crippen LogP contribution in [0.1, 0.15) is 32.1 Å². The van der Waals surface area contributed by atoms with E-state index in [1.807, 2.05) is 42.5 Å². The fraction of sp³-hybridized carbons (Fsp3) is 0. The highest BCUT2D eigenvalue weighted by atomic mass is 16.3. The van der Waals surface area contributed by atoms with Crippen LogP contribution >= 0.6 is 0 Å². The molecule has 0 unspecified atom stereocenters. The van der Waals surface area contributed by atoms with E-state index in [0.717, 1.165) is 16.3 Å². The summed E-state index contributed by atoms with van der Waals surface area (Å²) in [5, 5.41) is 21.2. The van der Waals surface area contributed by atoms with Crippen LogP contribution in [0.2, 0.25) is 0 Å². The molecule has 0 bridgehead atoms. The number of aromatic nitrogens is 2. The van der Waals surface area contributed by atoms with E-state index in [4.69, 9.17) is 0 Å². The monoisotopic (exact) mass is 446 g/mol. The number of nitrogens with zero attached hydrogens (tertiary/aromatic N) is 2. The maximum atomic E-state index is 13.4. The summed E-state index contributed by atoms with van der Waals surface area (Å²) >= 11 is 0. The Morgan fingerprint density at radius 3 is 1.79 bits per heavy atom. The van der Waals surface area contributed by atoms with Crippen LogP contribution in [0, 0.1) is 0 Å². The highest BCUT2D eigenvalue weighted by Crippen LogP contribution is 2.25. The lowest BCUT2D eigenvalue weighted by Crippen LogP contribution is -2.16. The summed E-state index contributed by atoms with van der Waals surface area (Å²) in [6.07, 6.45) is 1.48. The van der Waals surface area contributed by atoms with Crippen LogP contribution in [0.3, 0.4) is 0 Å². The molecule has 1 aromatic heterocycles. The molecule has 0 aliphatic heterocycles. The maximum absolute atomic E-state index is 13.4. The van der Waals surface area contributed by atoms with Crippen LogP contribution in [0.25, 0.3) is 22.0 Å². The molecule has 5 rings (SSSR count). The molecule has 0 saturated heterocycles.